The molecule has 0 aliphatic carbocycles. The van der Waals surface area contributed by atoms with Gasteiger partial charge in [-0.3, -0.25) is 0 Å². The Morgan fingerprint density at radius 2 is 1.84 bits per heavy atom. The first-order valence-electron chi connectivity index (χ1n) is 7.99. The Hall–Kier alpha value is -2.40. The standard InChI is InChI=1S/C19H23ClN2O3/c1-12-5-6-15(9-13(12)2)25-8-7-21-19(23)22-17-10-14(3)16(20)11-18(17)24-4/h5-6,9-11H,7-8H2,1-4H3,(H2,21,22,23). The summed E-state index contributed by atoms with van der Waals surface area (Å²) in [5.74, 6) is 1.30. The largest absolute Gasteiger partial charge is 0.495 e. The maximum absolute atomic E-state index is 12.0. The van der Waals surface area contributed by atoms with Crippen LogP contribution in [0.1, 0.15) is 16.7 Å². The lowest BCUT2D eigenvalue weighted by atomic mass is 10.1. The Morgan fingerprint density at radius 3 is 2.52 bits per heavy atom. The van der Waals surface area contributed by atoms with Gasteiger partial charge in [0.2, 0.25) is 0 Å². The fourth-order valence-electron chi connectivity index (χ4n) is 2.23. The number of anilines is 1. The molecule has 0 saturated carbocycles. The molecule has 2 amide bonds. The molecule has 0 fully saturated rings. The Labute approximate surface area is 153 Å². The van der Waals surface area contributed by atoms with E-state index >= 15 is 0 Å². The molecule has 0 aromatic heterocycles. The highest BCUT2D eigenvalue weighted by atomic mass is 35.5. The number of hydrogen-bond acceptors (Lipinski definition) is 3. The second-order valence-electron chi connectivity index (χ2n) is 5.78. The third-order valence-corrected chi connectivity index (χ3v) is 4.27. The Bertz CT molecular complexity index is 763. The van der Waals surface area contributed by atoms with Crippen molar-refractivity contribution in [3.05, 3.63) is 52.0 Å². The molecule has 0 saturated heterocycles. The number of ether oxygens (including phenoxy) is 2. The van der Waals surface area contributed by atoms with Gasteiger partial charge in [-0.25, -0.2) is 4.79 Å². The van der Waals surface area contributed by atoms with E-state index in [9.17, 15) is 4.79 Å². The summed E-state index contributed by atoms with van der Waals surface area (Å²) in [5.41, 5.74) is 3.82. The molecular weight excluding hydrogens is 340 g/mol. The highest BCUT2D eigenvalue weighted by molar-refractivity contribution is 6.31. The minimum absolute atomic E-state index is 0.330. The molecule has 0 radical (unpaired) electrons. The topological polar surface area (TPSA) is 59.6 Å². The van der Waals surface area contributed by atoms with Crippen LogP contribution in [-0.2, 0) is 0 Å². The molecule has 0 bridgehead atoms. The molecule has 0 atom stereocenters. The lowest BCUT2D eigenvalue weighted by Crippen LogP contribution is -2.32. The van der Waals surface area contributed by atoms with Crippen LogP contribution in [0.4, 0.5) is 10.5 Å². The fraction of sp³-hybridized carbons (Fsp3) is 0.316. The lowest BCUT2D eigenvalue weighted by molar-refractivity contribution is 0.247. The van der Waals surface area contributed by atoms with E-state index in [1.165, 1.54) is 18.2 Å². The van der Waals surface area contributed by atoms with E-state index in [1.807, 2.05) is 32.0 Å². The minimum atomic E-state index is -0.330. The molecule has 25 heavy (non-hydrogen) atoms. The van der Waals surface area contributed by atoms with E-state index in [2.05, 4.69) is 17.6 Å². The summed E-state index contributed by atoms with van der Waals surface area (Å²) in [4.78, 5) is 12.0. The van der Waals surface area contributed by atoms with Crippen LogP contribution in [0.15, 0.2) is 30.3 Å². The maximum atomic E-state index is 12.0. The van der Waals surface area contributed by atoms with Crippen molar-refractivity contribution < 1.29 is 14.3 Å². The molecule has 6 heteroatoms. The molecular formula is C19H23ClN2O3. The monoisotopic (exact) mass is 362 g/mol. The summed E-state index contributed by atoms with van der Waals surface area (Å²) in [6, 6.07) is 9.03. The number of amides is 2. The Balaban J connectivity index is 1.83. The molecule has 5 nitrogen and oxygen atoms in total. The first kappa shape index (κ1) is 18.9. The molecule has 134 valence electrons. The molecule has 0 aliphatic rings. The van der Waals surface area contributed by atoms with Gasteiger partial charge in [0.1, 0.15) is 18.1 Å². The normalized spacial score (nSPS) is 10.3. The molecule has 2 rings (SSSR count). The van der Waals surface area contributed by atoms with Crippen LogP contribution in [0.5, 0.6) is 11.5 Å². The predicted octanol–water partition coefficient (Wildman–Crippen LogP) is 4.47. The molecule has 2 N–H and O–H groups in total. The zero-order chi connectivity index (χ0) is 18.4. The summed E-state index contributed by atoms with van der Waals surface area (Å²) in [7, 11) is 1.53. The van der Waals surface area contributed by atoms with Gasteiger partial charge in [0, 0.05) is 11.1 Å². The zero-order valence-electron chi connectivity index (χ0n) is 14.9. The van der Waals surface area contributed by atoms with Crippen molar-refractivity contribution in [2.24, 2.45) is 0 Å². The van der Waals surface area contributed by atoms with Crippen LogP contribution in [-0.4, -0.2) is 26.3 Å². The van der Waals surface area contributed by atoms with E-state index in [-0.39, 0.29) is 6.03 Å². The number of carbonyl (C=O) groups excluding carboxylic acids is 1. The highest BCUT2D eigenvalue weighted by Gasteiger charge is 2.10. The van der Waals surface area contributed by atoms with E-state index in [4.69, 9.17) is 21.1 Å². The summed E-state index contributed by atoms with van der Waals surface area (Å²) in [5, 5.41) is 6.09. The lowest BCUT2D eigenvalue weighted by Gasteiger charge is -2.13. The molecule has 2 aromatic rings. The summed E-state index contributed by atoms with van der Waals surface area (Å²) in [6.45, 7) is 6.72. The van der Waals surface area contributed by atoms with Crippen molar-refractivity contribution in [3.63, 3.8) is 0 Å². The van der Waals surface area contributed by atoms with Crippen molar-refractivity contribution in [2.45, 2.75) is 20.8 Å². The number of rotatable bonds is 6. The van der Waals surface area contributed by atoms with Crippen LogP contribution in [0.2, 0.25) is 5.02 Å². The number of aryl methyl sites for hydroxylation is 3. The maximum Gasteiger partial charge on any atom is 0.319 e. The quantitative estimate of drug-likeness (QED) is 0.745. The van der Waals surface area contributed by atoms with Crippen molar-refractivity contribution in [2.75, 3.05) is 25.6 Å². The second kappa shape index (κ2) is 8.62. The number of methoxy groups -OCH3 is 1. The number of benzene rings is 2. The first-order chi connectivity index (χ1) is 11.9. The third-order valence-electron chi connectivity index (χ3n) is 3.86. The number of nitrogens with one attached hydrogen (secondary N) is 2. The summed E-state index contributed by atoms with van der Waals surface area (Å²) < 4.78 is 10.9. The molecule has 0 spiro atoms. The van der Waals surface area contributed by atoms with Gasteiger partial charge in [-0.15, -0.1) is 0 Å². The molecule has 0 heterocycles. The van der Waals surface area contributed by atoms with E-state index in [0.717, 1.165) is 11.3 Å². The van der Waals surface area contributed by atoms with Gasteiger partial charge in [0.15, 0.2) is 0 Å². The molecule has 0 aliphatic heterocycles. The van der Waals surface area contributed by atoms with Gasteiger partial charge in [-0.2, -0.15) is 0 Å². The Morgan fingerprint density at radius 1 is 1.08 bits per heavy atom. The average Bonchev–Trinajstić information content (AvgIpc) is 2.58. The fourth-order valence-corrected chi connectivity index (χ4v) is 2.39. The van der Waals surface area contributed by atoms with Gasteiger partial charge in [0.25, 0.3) is 0 Å². The molecule has 0 unspecified atom stereocenters. The van der Waals surface area contributed by atoms with Crippen LogP contribution < -0.4 is 20.1 Å². The van der Waals surface area contributed by atoms with Crippen LogP contribution >= 0.6 is 11.6 Å². The van der Waals surface area contributed by atoms with Gasteiger partial charge in [-0.05, 0) is 55.7 Å². The van der Waals surface area contributed by atoms with E-state index in [0.29, 0.717) is 29.6 Å². The Kier molecular flexibility index (Phi) is 6.53. The van der Waals surface area contributed by atoms with Crippen LogP contribution in [0.3, 0.4) is 0 Å². The van der Waals surface area contributed by atoms with Crippen LogP contribution in [0, 0.1) is 20.8 Å². The van der Waals surface area contributed by atoms with Crippen molar-refractivity contribution in [1.29, 1.82) is 0 Å². The van der Waals surface area contributed by atoms with Gasteiger partial charge < -0.3 is 20.1 Å². The van der Waals surface area contributed by atoms with Crippen LogP contribution in [0.25, 0.3) is 0 Å². The van der Waals surface area contributed by atoms with E-state index in [1.54, 1.807) is 12.1 Å². The second-order valence-corrected chi connectivity index (χ2v) is 6.18. The summed E-state index contributed by atoms with van der Waals surface area (Å²) in [6.07, 6.45) is 0. The van der Waals surface area contributed by atoms with Gasteiger partial charge in [-0.1, -0.05) is 17.7 Å². The average molecular weight is 363 g/mol. The summed E-state index contributed by atoms with van der Waals surface area (Å²) >= 11 is 6.06. The zero-order valence-corrected chi connectivity index (χ0v) is 15.7. The number of halogens is 1. The number of carbonyl (C=O) groups is 1. The van der Waals surface area contributed by atoms with Gasteiger partial charge >= 0.3 is 6.03 Å². The third kappa shape index (κ3) is 5.29. The molecule has 2 aromatic carbocycles. The first-order valence-corrected chi connectivity index (χ1v) is 8.37. The van der Waals surface area contributed by atoms with E-state index < -0.39 is 0 Å². The number of urea groups is 1. The SMILES string of the molecule is COc1cc(Cl)c(C)cc1NC(=O)NCCOc1ccc(C)c(C)c1. The smallest absolute Gasteiger partial charge is 0.319 e. The predicted molar refractivity (Wildman–Crippen MR) is 101 cm³/mol. The van der Waals surface area contributed by atoms with Crippen molar-refractivity contribution in [3.8, 4) is 11.5 Å². The highest BCUT2D eigenvalue weighted by Crippen LogP contribution is 2.30. The van der Waals surface area contributed by atoms with Crippen molar-refractivity contribution in [1.82, 2.24) is 5.32 Å². The van der Waals surface area contributed by atoms with Gasteiger partial charge in [0.05, 0.1) is 19.3 Å². The van der Waals surface area contributed by atoms with Crippen molar-refractivity contribution >= 4 is 23.3 Å². The minimum Gasteiger partial charge on any atom is -0.495 e. The number of hydrogen-bond donors (Lipinski definition) is 2.